The molecule has 1 saturated carbocycles. The van der Waals surface area contributed by atoms with Crippen LogP contribution in [0.15, 0.2) is 0 Å². The Labute approximate surface area is 104 Å². The van der Waals surface area contributed by atoms with E-state index in [1.54, 1.807) is 0 Å². The number of carbonyl (C=O) groups excluding carboxylic acids is 1. The minimum atomic E-state index is 0.154. The van der Waals surface area contributed by atoms with E-state index in [2.05, 4.69) is 12.2 Å². The van der Waals surface area contributed by atoms with Gasteiger partial charge >= 0.3 is 0 Å². The van der Waals surface area contributed by atoms with Crippen LogP contribution in [0.3, 0.4) is 0 Å². The van der Waals surface area contributed by atoms with E-state index in [-0.39, 0.29) is 11.8 Å². The van der Waals surface area contributed by atoms with E-state index in [0.29, 0.717) is 11.8 Å². The summed E-state index contributed by atoms with van der Waals surface area (Å²) in [7, 11) is 0. The highest BCUT2D eigenvalue weighted by Gasteiger charge is 2.26. The normalized spacial score (nSPS) is 26.7. The Hall–Kier alpha value is -0.240. The summed E-state index contributed by atoms with van der Waals surface area (Å²) in [6.45, 7) is 4.95. The van der Waals surface area contributed by atoms with Crippen LogP contribution >= 0.6 is 11.6 Å². The van der Waals surface area contributed by atoms with Gasteiger partial charge in [-0.05, 0) is 31.1 Å². The van der Waals surface area contributed by atoms with Gasteiger partial charge in [0, 0.05) is 18.3 Å². The first-order chi connectivity index (χ1) is 7.69. The second-order valence-corrected chi connectivity index (χ2v) is 5.35. The van der Waals surface area contributed by atoms with E-state index in [1.807, 2.05) is 6.92 Å². The highest BCUT2D eigenvalue weighted by molar-refractivity contribution is 6.18. The zero-order chi connectivity index (χ0) is 12.0. The van der Waals surface area contributed by atoms with Gasteiger partial charge in [0.15, 0.2) is 0 Å². The van der Waals surface area contributed by atoms with Crippen LogP contribution in [0.25, 0.3) is 0 Å². The van der Waals surface area contributed by atoms with Gasteiger partial charge < -0.3 is 5.32 Å². The Morgan fingerprint density at radius 1 is 1.44 bits per heavy atom. The molecule has 0 radical (unpaired) electrons. The lowest BCUT2D eigenvalue weighted by Gasteiger charge is -2.19. The second-order valence-electron chi connectivity index (χ2n) is 5.04. The van der Waals surface area contributed by atoms with E-state index < -0.39 is 0 Å². The Morgan fingerprint density at radius 2 is 2.12 bits per heavy atom. The lowest BCUT2D eigenvalue weighted by atomic mass is 9.97. The number of hydrogen-bond donors (Lipinski definition) is 1. The summed E-state index contributed by atoms with van der Waals surface area (Å²) in [4.78, 5) is 11.7. The van der Waals surface area contributed by atoms with Gasteiger partial charge in [0.1, 0.15) is 0 Å². The van der Waals surface area contributed by atoms with Gasteiger partial charge in [-0.15, -0.1) is 11.6 Å². The molecule has 0 aromatic carbocycles. The van der Waals surface area contributed by atoms with Gasteiger partial charge in [-0.25, -0.2) is 0 Å². The Balaban J connectivity index is 2.25. The monoisotopic (exact) mass is 245 g/mol. The van der Waals surface area contributed by atoms with E-state index in [0.717, 1.165) is 25.3 Å². The minimum Gasteiger partial charge on any atom is -0.356 e. The molecule has 2 nitrogen and oxygen atoms in total. The molecule has 3 atom stereocenters. The van der Waals surface area contributed by atoms with Crippen LogP contribution in [0.4, 0.5) is 0 Å². The fourth-order valence-electron chi connectivity index (χ4n) is 2.56. The highest BCUT2D eigenvalue weighted by Crippen LogP contribution is 2.31. The summed E-state index contributed by atoms with van der Waals surface area (Å²) in [6.07, 6.45) is 5.77. The van der Waals surface area contributed by atoms with Gasteiger partial charge in [0.05, 0.1) is 0 Å². The molecule has 0 aromatic heterocycles. The Morgan fingerprint density at radius 3 is 2.75 bits per heavy atom. The SMILES string of the molecule is CCCC(C)C(=O)NCC1CCCC1CCl. The smallest absolute Gasteiger partial charge is 0.222 e. The second kappa shape index (κ2) is 7.16. The lowest BCUT2D eigenvalue weighted by molar-refractivity contribution is -0.124. The third-order valence-corrected chi connectivity index (χ3v) is 4.12. The standard InChI is InChI=1S/C13H24ClNO/c1-3-5-10(2)13(16)15-9-12-7-4-6-11(12)8-14/h10-12H,3-9H2,1-2H3,(H,15,16). The summed E-state index contributed by atoms with van der Waals surface area (Å²) < 4.78 is 0. The van der Waals surface area contributed by atoms with Crippen molar-refractivity contribution < 1.29 is 4.79 Å². The summed E-state index contributed by atoms with van der Waals surface area (Å²) in [5.41, 5.74) is 0. The first kappa shape index (κ1) is 13.8. The molecule has 0 heterocycles. The van der Waals surface area contributed by atoms with Crippen molar-refractivity contribution in [3.63, 3.8) is 0 Å². The molecule has 0 aromatic rings. The number of hydrogen-bond acceptors (Lipinski definition) is 1. The van der Waals surface area contributed by atoms with Gasteiger partial charge in [-0.1, -0.05) is 26.7 Å². The molecule has 0 spiro atoms. The lowest BCUT2D eigenvalue weighted by Crippen LogP contribution is -2.34. The number of amides is 1. The molecule has 0 bridgehead atoms. The molecule has 1 N–H and O–H groups in total. The van der Waals surface area contributed by atoms with E-state index in [1.165, 1.54) is 19.3 Å². The zero-order valence-corrected chi connectivity index (χ0v) is 11.2. The third-order valence-electron chi connectivity index (χ3n) is 3.72. The predicted molar refractivity (Wildman–Crippen MR) is 68.6 cm³/mol. The maximum atomic E-state index is 11.7. The first-order valence-electron chi connectivity index (χ1n) is 6.52. The van der Waals surface area contributed by atoms with Crippen LogP contribution < -0.4 is 5.32 Å². The molecule has 3 heteroatoms. The largest absolute Gasteiger partial charge is 0.356 e. The summed E-state index contributed by atoms with van der Waals surface area (Å²) >= 11 is 5.92. The van der Waals surface area contributed by atoms with E-state index in [4.69, 9.17) is 11.6 Å². The Kier molecular flexibility index (Phi) is 6.18. The van der Waals surface area contributed by atoms with Crippen molar-refractivity contribution in [2.75, 3.05) is 12.4 Å². The molecule has 1 rings (SSSR count). The molecule has 3 unspecified atom stereocenters. The first-order valence-corrected chi connectivity index (χ1v) is 7.06. The van der Waals surface area contributed by atoms with E-state index >= 15 is 0 Å². The molecular formula is C13H24ClNO. The number of halogens is 1. The quantitative estimate of drug-likeness (QED) is 0.716. The van der Waals surface area contributed by atoms with Crippen LogP contribution in [0.5, 0.6) is 0 Å². The van der Waals surface area contributed by atoms with Gasteiger partial charge in [0.2, 0.25) is 5.91 Å². The van der Waals surface area contributed by atoms with Gasteiger partial charge in [-0.2, -0.15) is 0 Å². The number of alkyl halides is 1. The highest BCUT2D eigenvalue weighted by atomic mass is 35.5. The molecular weight excluding hydrogens is 222 g/mol. The fraction of sp³-hybridized carbons (Fsp3) is 0.923. The molecule has 1 amide bonds. The average Bonchev–Trinajstić information content (AvgIpc) is 2.73. The van der Waals surface area contributed by atoms with Crippen molar-refractivity contribution in [3.05, 3.63) is 0 Å². The summed E-state index contributed by atoms with van der Waals surface area (Å²) in [6, 6.07) is 0. The van der Waals surface area contributed by atoms with Crippen LogP contribution in [0, 0.1) is 17.8 Å². The van der Waals surface area contributed by atoms with Crippen LogP contribution in [-0.4, -0.2) is 18.3 Å². The minimum absolute atomic E-state index is 0.154. The summed E-state index contributed by atoms with van der Waals surface area (Å²) in [5.74, 6) is 2.33. The molecule has 1 aliphatic rings. The fourth-order valence-corrected chi connectivity index (χ4v) is 2.96. The van der Waals surface area contributed by atoms with Crippen LogP contribution in [-0.2, 0) is 4.79 Å². The maximum Gasteiger partial charge on any atom is 0.222 e. The van der Waals surface area contributed by atoms with Crippen molar-refractivity contribution in [3.8, 4) is 0 Å². The Bertz CT molecular complexity index is 220. The van der Waals surface area contributed by atoms with Crippen molar-refractivity contribution in [1.82, 2.24) is 5.32 Å². The molecule has 1 fully saturated rings. The molecule has 0 saturated heterocycles. The van der Waals surface area contributed by atoms with Crippen molar-refractivity contribution in [2.24, 2.45) is 17.8 Å². The zero-order valence-electron chi connectivity index (χ0n) is 10.5. The van der Waals surface area contributed by atoms with Crippen molar-refractivity contribution in [2.45, 2.75) is 46.0 Å². The van der Waals surface area contributed by atoms with Crippen molar-refractivity contribution in [1.29, 1.82) is 0 Å². The van der Waals surface area contributed by atoms with E-state index in [9.17, 15) is 4.79 Å². The molecule has 94 valence electrons. The summed E-state index contributed by atoms with van der Waals surface area (Å²) in [5, 5.41) is 3.08. The average molecular weight is 246 g/mol. The predicted octanol–water partition coefficient (Wildman–Crippen LogP) is 3.19. The number of rotatable bonds is 6. The van der Waals surface area contributed by atoms with Gasteiger partial charge in [-0.3, -0.25) is 4.79 Å². The van der Waals surface area contributed by atoms with Crippen LogP contribution in [0.1, 0.15) is 46.0 Å². The maximum absolute atomic E-state index is 11.7. The third kappa shape index (κ3) is 3.97. The number of nitrogens with one attached hydrogen (secondary N) is 1. The topological polar surface area (TPSA) is 29.1 Å². The number of carbonyl (C=O) groups is 1. The van der Waals surface area contributed by atoms with Crippen LogP contribution in [0.2, 0.25) is 0 Å². The molecule has 1 aliphatic carbocycles. The van der Waals surface area contributed by atoms with Gasteiger partial charge in [0.25, 0.3) is 0 Å². The van der Waals surface area contributed by atoms with Crippen molar-refractivity contribution >= 4 is 17.5 Å². The molecule has 0 aliphatic heterocycles. The molecule has 16 heavy (non-hydrogen) atoms.